The molecule has 4 rings (SSSR count). The van der Waals surface area contributed by atoms with Crippen molar-refractivity contribution in [3.05, 3.63) is 76.6 Å². The monoisotopic (exact) mass is 478 g/mol. The molecule has 1 aliphatic rings. The predicted molar refractivity (Wildman–Crippen MR) is 116 cm³/mol. The van der Waals surface area contributed by atoms with Gasteiger partial charge in [0.25, 0.3) is 0 Å². The highest BCUT2D eigenvalue weighted by atomic mass is 35.5. The highest BCUT2D eigenvalue weighted by Gasteiger charge is 2.36. The molecule has 0 bridgehead atoms. The van der Waals surface area contributed by atoms with Crippen LogP contribution < -0.4 is 4.74 Å². The smallest absolute Gasteiger partial charge is 0.416 e. The Hall–Kier alpha value is -3.07. The fourth-order valence-electron chi connectivity index (χ4n) is 3.38. The SMILES string of the molecule is CC(C(=O)N(Cc1ccc(C(F)(F)F)cc1)C1CC1)n1cc(COc2ccc(Cl)cc2)nn1. The van der Waals surface area contributed by atoms with E-state index in [9.17, 15) is 18.0 Å². The molecule has 6 nitrogen and oxygen atoms in total. The lowest BCUT2D eigenvalue weighted by Crippen LogP contribution is -2.37. The van der Waals surface area contributed by atoms with Gasteiger partial charge in [-0.2, -0.15) is 13.2 Å². The van der Waals surface area contributed by atoms with E-state index in [1.807, 2.05) is 0 Å². The van der Waals surface area contributed by atoms with E-state index in [1.165, 1.54) is 16.8 Å². The number of amides is 1. The molecule has 0 saturated heterocycles. The number of carbonyl (C=O) groups is 1. The maximum atomic E-state index is 13.2. The van der Waals surface area contributed by atoms with Gasteiger partial charge in [0.15, 0.2) is 0 Å². The lowest BCUT2D eigenvalue weighted by molar-refractivity contribution is -0.138. The van der Waals surface area contributed by atoms with E-state index in [0.717, 1.165) is 25.0 Å². The topological polar surface area (TPSA) is 60.2 Å². The van der Waals surface area contributed by atoms with E-state index in [4.69, 9.17) is 16.3 Å². The fraction of sp³-hybridized carbons (Fsp3) is 0.348. The molecule has 33 heavy (non-hydrogen) atoms. The number of hydrogen-bond donors (Lipinski definition) is 0. The molecule has 1 heterocycles. The molecule has 1 saturated carbocycles. The molecule has 1 unspecified atom stereocenters. The first-order chi connectivity index (χ1) is 15.7. The number of aromatic nitrogens is 3. The van der Waals surface area contributed by atoms with Crippen LogP contribution in [0.25, 0.3) is 0 Å². The van der Waals surface area contributed by atoms with Gasteiger partial charge in [-0.05, 0) is 61.7 Å². The van der Waals surface area contributed by atoms with Gasteiger partial charge in [-0.15, -0.1) is 5.10 Å². The molecule has 0 aliphatic heterocycles. The van der Waals surface area contributed by atoms with Crippen LogP contribution in [-0.2, 0) is 24.1 Å². The molecule has 3 aromatic rings. The van der Waals surface area contributed by atoms with Crippen molar-refractivity contribution < 1.29 is 22.7 Å². The lowest BCUT2D eigenvalue weighted by Gasteiger charge is -2.26. The van der Waals surface area contributed by atoms with Crippen molar-refractivity contribution in [2.24, 2.45) is 0 Å². The number of rotatable bonds is 8. The van der Waals surface area contributed by atoms with Crippen LogP contribution in [0.5, 0.6) is 5.75 Å². The van der Waals surface area contributed by atoms with Crippen molar-refractivity contribution in [2.75, 3.05) is 0 Å². The van der Waals surface area contributed by atoms with E-state index in [0.29, 0.717) is 22.0 Å². The quantitative estimate of drug-likeness (QED) is 0.442. The van der Waals surface area contributed by atoms with Crippen LogP contribution in [0.2, 0.25) is 5.02 Å². The molecule has 10 heteroatoms. The highest BCUT2D eigenvalue weighted by molar-refractivity contribution is 6.30. The van der Waals surface area contributed by atoms with E-state index in [-0.39, 0.29) is 25.1 Å². The molecule has 0 N–H and O–H groups in total. The van der Waals surface area contributed by atoms with Crippen LogP contribution in [0.1, 0.15) is 42.6 Å². The Balaban J connectivity index is 1.40. The molecule has 1 aromatic heterocycles. The van der Waals surface area contributed by atoms with Crippen LogP contribution in [0.4, 0.5) is 13.2 Å². The van der Waals surface area contributed by atoms with Crippen LogP contribution in [0.15, 0.2) is 54.7 Å². The largest absolute Gasteiger partial charge is 0.487 e. The van der Waals surface area contributed by atoms with Gasteiger partial charge in [-0.25, -0.2) is 4.68 Å². The minimum absolute atomic E-state index is 0.0819. The molecule has 174 valence electrons. The van der Waals surface area contributed by atoms with Gasteiger partial charge < -0.3 is 9.64 Å². The summed E-state index contributed by atoms with van der Waals surface area (Å²) < 4.78 is 45.6. The summed E-state index contributed by atoms with van der Waals surface area (Å²) in [5.41, 5.74) is 0.497. The van der Waals surface area contributed by atoms with Gasteiger partial charge >= 0.3 is 6.18 Å². The summed E-state index contributed by atoms with van der Waals surface area (Å²) in [6.07, 6.45) is -0.990. The second kappa shape index (κ2) is 9.43. The molecule has 1 atom stereocenters. The molecule has 1 aliphatic carbocycles. The Morgan fingerprint density at radius 1 is 1.18 bits per heavy atom. The summed E-state index contributed by atoms with van der Waals surface area (Å²) in [6.45, 7) is 2.15. The first kappa shape index (κ1) is 23.1. The average Bonchev–Trinajstić information content (AvgIpc) is 3.52. The summed E-state index contributed by atoms with van der Waals surface area (Å²) in [5, 5.41) is 8.75. The first-order valence-electron chi connectivity index (χ1n) is 10.5. The molecular weight excluding hydrogens is 457 g/mol. The van der Waals surface area contributed by atoms with E-state index < -0.39 is 17.8 Å². The zero-order valence-corrected chi connectivity index (χ0v) is 18.6. The van der Waals surface area contributed by atoms with Gasteiger partial charge in [0.1, 0.15) is 24.1 Å². The molecule has 1 fully saturated rings. The van der Waals surface area contributed by atoms with E-state index in [2.05, 4.69) is 10.3 Å². The summed E-state index contributed by atoms with van der Waals surface area (Å²) in [5.74, 6) is 0.474. The third kappa shape index (κ3) is 5.84. The second-order valence-corrected chi connectivity index (χ2v) is 8.44. The maximum Gasteiger partial charge on any atom is 0.416 e. The molecule has 1 amide bonds. The van der Waals surface area contributed by atoms with Crippen molar-refractivity contribution in [1.29, 1.82) is 0 Å². The number of alkyl halides is 3. The number of hydrogen-bond acceptors (Lipinski definition) is 4. The number of benzene rings is 2. The zero-order chi connectivity index (χ0) is 23.6. The first-order valence-corrected chi connectivity index (χ1v) is 10.8. The number of nitrogens with zero attached hydrogens (tertiary/aromatic N) is 4. The summed E-state index contributed by atoms with van der Waals surface area (Å²) in [6, 6.07) is 11.3. The summed E-state index contributed by atoms with van der Waals surface area (Å²) >= 11 is 5.86. The molecule has 0 spiro atoms. The fourth-order valence-corrected chi connectivity index (χ4v) is 3.51. The normalized spacial score (nSPS) is 14.7. The highest BCUT2D eigenvalue weighted by Crippen LogP contribution is 2.32. The Morgan fingerprint density at radius 3 is 2.45 bits per heavy atom. The molecule has 2 aromatic carbocycles. The Bertz CT molecular complexity index is 1100. The van der Waals surface area contributed by atoms with Crippen molar-refractivity contribution in [2.45, 2.75) is 51.2 Å². The minimum Gasteiger partial charge on any atom is -0.487 e. The zero-order valence-electron chi connectivity index (χ0n) is 17.8. The molecule has 0 radical (unpaired) electrons. The van der Waals surface area contributed by atoms with Crippen LogP contribution in [0, 0.1) is 0 Å². The number of ether oxygens (including phenoxy) is 1. The molecular formula is C23H22ClF3N4O2. The third-order valence-corrected chi connectivity index (χ3v) is 5.67. The van der Waals surface area contributed by atoms with Gasteiger partial charge in [0, 0.05) is 17.6 Å². The van der Waals surface area contributed by atoms with Crippen LogP contribution in [0.3, 0.4) is 0 Å². The van der Waals surface area contributed by atoms with E-state index >= 15 is 0 Å². The Morgan fingerprint density at radius 2 is 1.85 bits per heavy atom. The Kier molecular flexibility index (Phi) is 6.60. The minimum atomic E-state index is -4.39. The average molecular weight is 479 g/mol. The Labute approximate surface area is 193 Å². The van der Waals surface area contributed by atoms with Gasteiger partial charge in [-0.3, -0.25) is 4.79 Å². The standard InChI is InChI=1S/C23H22ClF3N4O2/c1-15(31-13-19(28-29-31)14-33-21-10-6-18(24)7-11-21)22(32)30(20-8-9-20)12-16-2-4-17(5-3-16)23(25,26)27/h2-7,10-11,13,15,20H,8-9,12,14H2,1H3. The third-order valence-electron chi connectivity index (χ3n) is 5.42. The van der Waals surface area contributed by atoms with Crippen molar-refractivity contribution in [1.82, 2.24) is 19.9 Å². The van der Waals surface area contributed by atoms with Gasteiger partial charge in [-0.1, -0.05) is 28.9 Å². The van der Waals surface area contributed by atoms with Crippen molar-refractivity contribution >= 4 is 17.5 Å². The van der Waals surface area contributed by atoms with Crippen LogP contribution >= 0.6 is 11.6 Å². The van der Waals surface area contributed by atoms with Crippen molar-refractivity contribution in [3.8, 4) is 5.75 Å². The summed E-state index contributed by atoms with van der Waals surface area (Å²) in [7, 11) is 0. The number of halogens is 4. The lowest BCUT2D eigenvalue weighted by atomic mass is 10.1. The summed E-state index contributed by atoms with van der Waals surface area (Å²) in [4.78, 5) is 14.9. The van der Waals surface area contributed by atoms with Gasteiger partial charge in [0.2, 0.25) is 5.91 Å². The van der Waals surface area contributed by atoms with Crippen molar-refractivity contribution in [3.63, 3.8) is 0 Å². The predicted octanol–water partition coefficient (Wildman–Crippen LogP) is 5.28. The maximum absolute atomic E-state index is 13.2. The number of carbonyl (C=O) groups excluding carboxylic acids is 1. The van der Waals surface area contributed by atoms with Crippen LogP contribution in [-0.4, -0.2) is 31.8 Å². The second-order valence-electron chi connectivity index (χ2n) is 8.00. The van der Waals surface area contributed by atoms with Gasteiger partial charge in [0.05, 0.1) is 11.8 Å². The van der Waals surface area contributed by atoms with E-state index in [1.54, 1.807) is 42.3 Å².